The highest BCUT2D eigenvalue weighted by molar-refractivity contribution is 6.36. The lowest BCUT2D eigenvalue weighted by molar-refractivity contribution is 0.352. The number of hydrogen-bond acceptors (Lipinski definition) is 2. The molecule has 0 saturated carbocycles. The molecule has 1 aromatic rings. The van der Waals surface area contributed by atoms with Gasteiger partial charge in [0.05, 0.1) is 5.03 Å². The van der Waals surface area contributed by atoms with Gasteiger partial charge in [0.2, 0.25) is 0 Å². The molecule has 88 valence electrons. The Morgan fingerprint density at radius 3 is 2.88 bits per heavy atom. The molecule has 5 heteroatoms. The van der Waals surface area contributed by atoms with Crippen LogP contribution in [0.2, 0.25) is 0 Å². The lowest BCUT2D eigenvalue weighted by atomic mass is 10.1. The van der Waals surface area contributed by atoms with Crippen molar-refractivity contribution in [3.8, 4) is 5.75 Å². The van der Waals surface area contributed by atoms with E-state index >= 15 is 0 Å². The minimum absolute atomic E-state index is 0.135. The summed E-state index contributed by atoms with van der Waals surface area (Å²) in [5.41, 5.74) is 7.52. The van der Waals surface area contributed by atoms with Crippen molar-refractivity contribution in [2.24, 2.45) is 5.73 Å². The van der Waals surface area contributed by atoms with Gasteiger partial charge in [-0.25, -0.2) is 4.39 Å². The van der Waals surface area contributed by atoms with Crippen LogP contribution in [0.3, 0.4) is 0 Å². The normalized spacial score (nSPS) is 13.7. The predicted octanol–water partition coefficient (Wildman–Crippen LogP) is 3.54. The van der Waals surface area contributed by atoms with E-state index in [4.69, 9.17) is 33.7 Å². The summed E-state index contributed by atoms with van der Waals surface area (Å²) >= 11 is 11.1. The molecule has 0 fully saturated rings. The average Bonchev–Trinajstić information content (AvgIpc) is 2.26. The minimum Gasteiger partial charge on any atom is -0.488 e. The van der Waals surface area contributed by atoms with Crippen molar-refractivity contribution in [2.75, 3.05) is 6.61 Å². The summed E-state index contributed by atoms with van der Waals surface area (Å²) in [4.78, 5) is 0. The molecule has 0 spiro atoms. The molecule has 1 rings (SSSR count). The van der Waals surface area contributed by atoms with Gasteiger partial charge < -0.3 is 10.5 Å². The molecule has 0 unspecified atom stereocenters. The first-order valence-electron chi connectivity index (χ1n) is 4.67. The number of ether oxygens (including phenoxy) is 1. The van der Waals surface area contributed by atoms with E-state index in [0.717, 1.165) is 0 Å². The molecule has 0 aliphatic rings. The highest BCUT2D eigenvalue weighted by atomic mass is 35.5. The van der Waals surface area contributed by atoms with Gasteiger partial charge in [0.1, 0.15) is 18.2 Å². The van der Waals surface area contributed by atoms with Gasteiger partial charge in [0.15, 0.2) is 0 Å². The summed E-state index contributed by atoms with van der Waals surface area (Å²) in [5.74, 6) is 0.159. The molecular formula is C11H12Cl2FNO. The fraction of sp³-hybridized carbons (Fsp3) is 0.273. The largest absolute Gasteiger partial charge is 0.488 e. The van der Waals surface area contributed by atoms with Gasteiger partial charge >= 0.3 is 0 Å². The molecule has 0 heterocycles. The Morgan fingerprint density at radius 1 is 1.62 bits per heavy atom. The second kappa shape index (κ2) is 6.09. The summed E-state index contributed by atoms with van der Waals surface area (Å²) in [5, 5.41) is 0.363. The van der Waals surface area contributed by atoms with Crippen LogP contribution in [0.25, 0.3) is 0 Å². The Balaban J connectivity index is 2.87. The zero-order valence-electron chi connectivity index (χ0n) is 8.71. The summed E-state index contributed by atoms with van der Waals surface area (Å²) in [7, 11) is 0. The first kappa shape index (κ1) is 13.3. The highest BCUT2D eigenvalue weighted by Crippen LogP contribution is 2.25. The molecule has 0 aromatic heterocycles. The number of halogens is 3. The van der Waals surface area contributed by atoms with Crippen LogP contribution in [0.15, 0.2) is 28.8 Å². The van der Waals surface area contributed by atoms with Gasteiger partial charge in [-0.2, -0.15) is 0 Å². The molecule has 0 aliphatic heterocycles. The van der Waals surface area contributed by atoms with E-state index in [0.29, 0.717) is 16.3 Å². The van der Waals surface area contributed by atoms with E-state index in [1.165, 1.54) is 23.7 Å². The van der Waals surface area contributed by atoms with Crippen LogP contribution in [0.1, 0.15) is 18.5 Å². The van der Waals surface area contributed by atoms with Crippen LogP contribution < -0.4 is 10.5 Å². The zero-order valence-corrected chi connectivity index (χ0v) is 10.2. The van der Waals surface area contributed by atoms with Crippen LogP contribution >= 0.6 is 23.2 Å². The third-order valence-electron chi connectivity index (χ3n) is 1.95. The smallest absolute Gasteiger partial charge is 0.125 e. The number of nitrogens with two attached hydrogens (primary N) is 1. The van der Waals surface area contributed by atoms with Crippen LogP contribution in [0.4, 0.5) is 4.39 Å². The third kappa shape index (κ3) is 3.67. The third-order valence-corrected chi connectivity index (χ3v) is 2.54. The van der Waals surface area contributed by atoms with Crippen molar-refractivity contribution in [1.29, 1.82) is 0 Å². The van der Waals surface area contributed by atoms with Gasteiger partial charge in [-0.05, 0) is 25.1 Å². The lowest BCUT2D eigenvalue weighted by Crippen LogP contribution is -2.09. The maximum absolute atomic E-state index is 13.0. The Bertz CT molecular complexity index is 394. The van der Waals surface area contributed by atoms with E-state index in [2.05, 4.69) is 0 Å². The van der Waals surface area contributed by atoms with Gasteiger partial charge in [-0.1, -0.05) is 23.2 Å². The number of rotatable bonds is 4. The van der Waals surface area contributed by atoms with E-state index in [1.54, 1.807) is 6.92 Å². The summed E-state index contributed by atoms with van der Waals surface area (Å²) in [6.07, 6.45) is 0. The van der Waals surface area contributed by atoms with Crippen LogP contribution in [0.5, 0.6) is 5.75 Å². The average molecular weight is 264 g/mol. The SMILES string of the molecule is C[C@H](N)c1cc(F)ccc1OCC(Cl)=CCl. The molecule has 0 saturated heterocycles. The molecule has 0 amide bonds. The molecule has 2 nitrogen and oxygen atoms in total. The van der Waals surface area contributed by atoms with E-state index in [9.17, 15) is 4.39 Å². The van der Waals surface area contributed by atoms with Crippen molar-refractivity contribution < 1.29 is 9.13 Å². The molecule has 1 atom stereocenters. The monoisotopic (exact) mass is 263 g/mol. The van der Waals surface area contributed by atoms with E-state index < -0.39 is 0 Å². The van der Waals surface area contributed by atoms with Crippen molar-refractivity contribution in [2.45, 2.75) is 13.0 Å². The topological polar surface area (TPSA) is 35.2 Å². The maximum atomic E-state index is 13.0. The molecule has 1 aromatic carbocycles. The maximum Gasteiger partial charge on any atom is 0.125 e. The standard InChI is InChI=1S/C11H12Cl2FNO/c1-7(15)10-4-9(14)2-3-11(10)16-6-8(13)5-12/h2-5,7H,6,15H2,1H3/t7-/m0/s1. The van der Waals surface area contributed by atoms with Crippen molar-refractivity contribution in [1.82, 2.24) is 0 Å². The first-order valence-corrected chi connectivity index (χ1v) is 5.48. The lowest BCUT2D eigenvalue weighted by Gasteiger charge is -2.13. The van der Waals surface area contributed by atoms with Gasteiger partial charge in [0, 0.05) is 17.1 Å². The summed E-state index contributed by atoms with van der Waals surface area (Å²) in [6.45, 7) is 1.89. The Hall–Kier alpha value is -0.770. The molecular weight excluding hydrogens is 252 g/mol. The molecule has 0 aliphatic carbocycles. The zero-order chi connectivity index (χ0) is 12.1. The second-order valence-corrected chi connectivity index (χ2v) is 4.02. The fourth-order valence-corrected chi connectivity index (χ4v) is 1.30. The van der Waals surface area contributed by atoms with Gasteiger partial charge in [-0.15, -0.1) is 0 Å². The van der Waals surface area contributed by atoms with E-state index in [-0.39, 0.29) is 18.5 Å². The Kier molecular flexibility index (Phi) is 5.06. The predicted molar refractivity (Wildman–Crippen MR) is 64.3 cm³/mol. The Labute approximate surface area is 104 Å². The van der Waals surface area contributed by atoms with Crippen LogP contribution in [0, 0.1) is 5.82 Å². The quantitative estimate of drug-likeness (QED) is 0.902. The van der Waals surface area contributed by atoms with Crippen molar-refractivity contribution >= 4 is 23.2 Å². The molecule has 0 bridgehead atoms. The molecule has 16 heavy (non-hydrogen) atoms. The van der Waals surface area contributed by atoms with Gasteiger partial charge in [-0.3, -0.25) is 0 Å². The van der Waals surface area contributed by atoms with Gasteiger partial charge in [0.25, 0.3) is 0 Å². The Morgan fingerprint density at radius 2 is 2.31 bits per heavy atom. The number of benzene rings is 1. The van der Waals surface area contributed by atoms with E-state index in [1.807, 2.05) is 0 Å². The summed E-state index contributed by atoms with van der Waals surface area (Å²) < 4.78 is 18.4. The first-order chi connectivity index (χ1) is 7.54. The second-order valence-electron chi connectivity index (χ2n) is 3.32. The van der Waals surface area contributed by atoms with Crippen LogP contribution in [-0.2, 0) is 0 Å². The summed E-state index contributed by atoms with van der Waals surface area (Å²) in [6, 6.07) is 3.86. The minimum atomic E-state index is -0.348. The molecule has 0 radical (unpaired) electrons. The van der Waals surface area contributed by atoms with Crippen molar-refractivity contribution in [3.63, 3.8) is 0 Å². The molecule has 2 N–H and O–H groups in total. The highest BCUT2D eigenvalue weighted by Gasteiger charge is 2.09. The fourth-order valence-electron chi connectivity index (χ4n) is 1.18. The number of hydrogen-bond donors (Lipinski definition) is 1. The van der Waals surface area contributed by atoms with Crippen LogP contribution in [-0.4, -0.2) is 6.61 Å². The van der Waals surface area contributed by atoms with Crippen molar-refractivity contribution in [3.05, 3.63) is 40.1 Å².